The fourth-order valence-corrected chi connectivity index (χ4v) is 3.26. The van der Waals surface area contributed by atoms with Crippen molar-refractivity contribution < 1.29 is 4.79 Å². The van der Waals surface area contributed by atoms with E-state index in [1.165, 1.54) is 11.1 Å². The molecule has 4 rings (SSSR count). The summed E-state index contributed by atoms with van der Waals surface area (Å²) < 4.78 is 1.90. The SMILES string of the molecule is C[C@H](NC(=O)N1CC=C(c2ccccc2)CC1)c1nnc2ccccn12. The Morgan fingerprint density at radius 2 is 1.92 bits per heavy atom. The summed E-state index contributed by atoms with van der Waals surface area (Å²) in [5.74, 6) is 0.728. The molecule has 26 heavy (non-hydrogen) atoms. The molecule has 0 saturated heterocycles. The number of rotatable bonds is 3. The number of aromatic nitrogens is 3. The number of nitrogens with one attached hydrogen (secondary N) is 1. The number of fused-ring (bicyclic) bond motifs is 1. The van der Waals surface area contributed by atoms with Crippen LogP contribution in [-0.2, 0) is 0 Å². The minimum absolute atomic E-state index is 0.0754. The molecular weight excluding hydrogens is 326 g/mol. The Bertz CT molecular complexity index is 947. The molecule has 1 aliphatic heterocycles. The molecule has 0 unspecified atom stereocenters. The van der Waals surface area contributed by atoms with Gasteiger partial charge in [-0.2, -0.15) is 0 Å². The molecule has 0 radical (unpaired) electrons. The zero-order chi connectivity index (χ0) is 17.9. The van der Waals surface area contributed by atoms with Crippen molar-refractivity contribution in [3.63, 3.8) is 0 Å². The minimum atomic E-state index is -0.223. The van der Waals surface area contributed by atoms with E-state index in [4.69, 9.17) is 0 Å². The number of carbonyl (C=O) groups excluding carboxylic acids is 1. The van der Waals surface area contributed by atoms with Crippen molar-refractivity contribution in [3.05, 3.63) is 72.2 Å². The van der Waals surface area contributed by atoms with E-state index in [-0.39, 0.29) is 12.1 Å². The van der Waals surface area contributed by atoms with E-state index >= 15 is 0 Å². The third-order valence-electron chi connectivity index (χ3n) is 4.71. The summed E-state index contributed by atoms with van der Waals surface area (Å²) in [4.78, 5) is 14.4. The van der Waals surface area contributed by atoms with Gasteiger partial charge >= 0.3 is 6.03 Å². The van der Waals surface area contributed by atoms with E-state index in [9.17, 15) is 4.79 Å². The summed E-state index contributed by atoms with van der Waals surface area (Å²) in [5.41, 5.74) is 3.30. The second-order valence-corrected chi connectivity index (χ2v) is 6.45. The summed E-state index contributed by atoms with van der Waals surface area (Å²) >= 11 is 0. The van der Waals surface area contributed by atoms with Gasteiger partial charge < -0.3 is 10.2 Å². The van der Waals surface area contributed by atoms with Crippen LogP contribution in [0.25, 0.3) is 11.2 Å². The molecule has 3 aromatic rings. The average Bonchev–Trinajstić information content (AvgIpc) is 3.13. The van der Waals surface area contributed by atoms with E-state index < -0.39 is 0 Å². The lowest BCUT2D eigenvalue weighted by molar-refractivity contribution is 0.199. The standard InChI is InChI=1S/C20H21N5O/c1-15(19-23-22-18-9-5-6-12-25(18)19)21-20(26)24-13-10-17(11-14-24)16-7-3-2-4-8-16/h2-10,12,15H,11,13-14H2,1H3,(H,21,26)/t15-/m0/s1. The van der Waals surface area contributed by atoms with Gasteiger partial charge in [-0.25, -0.2) is 4.79 Å². The first-order valence-corrected chi connectivity index (χ1v) is 8.82. The quantitative estimate of drug-likeness (QED) is 0.791. The van der Waals surface area contributed by atoms with Gasteiger partial charge in [-0.05, 0) is 36.6 Å². The van der Waals surface area contributed by atoms with Gasteiger partial charge in [-0.1, -0.05) is 42.5 Å². The molecule has 0 fully saturated rings. The molecule has 0 spiro atoms. The summed E-state index contributed by atoms with van der Waals surface area (Å²) in [5, 5.41) is 11.4. The number of pyridine rings is 1. The Morgan fingerprint density at radius 1 is 1.12 bits per heavy atom. The van der Waals surface area contributed by atoms with Crippen molar-refractivity contribution in [1.82, 2.24) is 24.8 Å². The molecule has 1 atom stereocenters. The van der Waals surface area contributed by atoms with Gasteiger partial charge in [0.05, 0.1) is 6.04 Å². The maximum atomic E-state index is 12.6. The monoisotopic (exact) mass is 347 g/mol. The Morgan fingerprint density at radius 3 is 2.69 bits per heavy atom. The lowest BCUT2D eigenvalue weighted by Crippen LogP contribution is -2.43. The highest BCUT2D eigenvalue weighted by Gasteiger charge is 2.21. The molecule has 2 amide bonds. The molecule has 2 aromatic heterocycles. The topological polar surface area (TPSA) is 62.5 Å². The molecule has 132 valence electrons. The number of hydrogen-bond donors (Lipinski definition) is 1. The Hall–Kier alpha value is -3.15. The van der Waals surface area contributed by atoms with Crippen molar-refractivity contribution in [2.45, 2.75) is 19.4 Å². The largest absolute Gasteiger partial charge is 0.328 e. The highest BCUT2D eigenvalue weighted by Crippen LogP contribution is 2.22. The third kappa shape index (κ3) is 3.18. The molecule has 6 nitrogen and oxygen atoms in total. The van der Waals surface area contributed by atoms with Crippen LogP contribution in [0.5, 0.6) is 0 Å². The maximum absolute atomic E-state index is 12.6. The summed E-state index contributed by atoms with van der Waals surface area (Å²) in [7, 11) is 0. The summed E-state index contributed by atoms with van der Waals surface area (Å²) in [6, 6.07) is 15.8. The Balaban J connectivity index is 1.42. The van der Waals surface area contributed by atoms with Crippen LogP contribution in [0.15, 0.2) is 60.8 Å². The highest BCUT2D eigenvalue weighted by molar-refractivity contribution is 5.77. The number of benzene rings is 1. The fourth-order valence-electron chi connectivity index (χ4n) is 3.26. The van der Waals surface area contributed by atoms with E-state index in [0.29, 0.717) is 13.1 Å². The number of carbonyl (C=O) groups is 1. The van der Waals surface area contributed by atoms with Crippen LogP contribution >= 0.6 is 0 Å². The maximum Gasteiger partial charge on any atom is 0.318 e. The van der Waals surface area contributed by atoms with Crippen molar-refractivity contribution in [2.24, 2.45) is 0 Å². The van der Waals surface area contributed by atoms with E-state index in [0.717, 1.165) is 17.9 Å². The normalized spacial score (nSPS) is 15.6. The first kappa shape index (κ1) is 16.3. The van der Waals surface area contributed by atoms with Crippen molar-refractivity contribution in [3.8, 4) is 0 Å². The van der Waals surface area contributed by atoms with Gasteiger partial charge in [-0.15, -0.1) is 10.2 Å². The van der Waals surface area contributed by atoms with Crippen molar-refractivity contribution >= 4 is 17.3 Å². The molecule has 1 aromatic carbocycles. The lowest BCUT2D eigenvalue weighted by Gasteiger charge is -2.28. The van der Waals surface area contributed by atoms with Gasteiger partial charge in [0.25, 0.3) is 0 Å². The average molecular weight is 347 g/mol. The van der Waals surface area contributed by atoms with Crippen molar-refractivity contribution in [1.29, 1.82) is 0 Å². The number of nitrogens with zero attached hydrogens (tertiary/aromatic N) is 4. The first-order valence-electron chi connectivity index (χ1n) is 8.82. The smallest absolute Gasteiger partial charge is 0.318 e. The van der Waals surface area contributed by atoms with Crippen LogP contribution in [-0.4, -0.2) is 38.6 Å². The van der Waals surface area contributed by atoms with Crippen LogP contribution in [0.3, 0.4) is 0 Å². The van der Waals surface area contributed by atoms with Gasteiger partial charge in [0, 0.05) is 19.3 Å². The van der Waals surface area contributed by atoms with Crippen LogP contribution in [0.1, 0.15) is 30.8 Å². The fraction of sp³-hybridized carbons (Fsp3) is 0.250. The molecule has 0 bridgehead atoms. The second-order valence-electron chi connectivity index (χ2n) is 6.45. The lowest BCUT2D eigenvalue weighted by atomic mass is 10.00. The van der Waals surface area contributed by atoms with Crippen LogP contribution < -0.4 is 5.32 Å². The number of amides is 2. The van der Waals surface area contributed by atoms with Crippen LogP contribution in [0.2, 0.25) is 0 Å². The number of hydrogen-bond acceptors (Lipinski definition) is 3. The second kappa shape index (κ2) is 7.00. The predicted molar refractivity (Wildman–Crippen MR) is 101 cm³/mol. The minimum Gasteiger partial charge on any atom is -0.328 e. The Labute approximate surface area is 152 Å². The Kier molecular flexibility index (Phi) is 4.39. The summed E-state index contributed by atoms with van der Waals surface area (Å²) in [6.07, 6.45) is 4.90. The molecular formula is C20H21N5O. The van der Waals surface area contributed by atoms with Crippen LogP contribution in [0.4, 0.5) is 4.79 Å². The molecule has 6 heteroatoms. The van der Waals surface area contributed by atoms with E-state index in [1.807, 2.05) is 58.8 Å². The molecule has 0 saturated carbocycles. The zero-order valence-electron chi connectivity index (χ0n) is 14.7. The molecule has 0 aliphatic carbocycles. The van der Waals surface area contributed by atoms with Gasteiger partial charge in [0.2, 0.25) is 0 Å². The highest BCUT2D eigenvalue weighted by atomic mass is 16.2. The third-order valence-corrected chi connectivity index (χ3v) is 4.71. The molecule has 1 N–H and O–H groups in total. The molecule has 1 aliphatic rings. The van der Waals surface area contributed by atoms with Crippen molar-refractivity contribution in [2.75, 3.05) is 13.1 Å². The number of urea groups is 1. The van der Waals surface area contributed by atoms with Gasteiger partial charge in [-0.3, -0.25) is 4.40 Å². The predicted octanol–water partition coefficient (Wildman–Crippen LogP) is 3.29. The summed E-state index contributed by atoms with van der Waals surface area (Å²) in [6.45, 7) is 3.25. The van der Waals surface area contributed by atoms with Crippen LogP contribution in [0, 0.1) is 0 Å². The van der Waals surface area contributed by atoms with E-state index in [1.54, 1.807) is 0 Å². The first-order chi connectivity index (χ1) is 12.7. The zero-order valence-corrected chi connectivity index (χ0v) is 14.7. The van der Waals surface area contributed by atoms with E-state index in [2.05, 4.69) is 33.7 Å². The van der Waals surface area contributed by atoms with Gasteiger partial charge in [0.15, 0.2) is 11.5 Å². The van der Waals surface area contributed by atoms with Gasteiger partial charge in [0.1, 0.15) is 0 Å². The molecule has 3 heterocycles.